The fourth-order valence-corrected chi connectivity index (χ4v) is 1.54. The van der Waals surface area contributed by atoms with Crippen LogP contribution in [0.3, 0.4) is 0 Å². The molecule has 0 fully saturated rings. The highest BCUT2D eigenvalue weighted by molar-refractivity contribution is 5.74. The lowest BCUT2D eigenvalue weighted by Gasteiger charge is -2.07. The summed E-state index contributed by atoms with van der Waals surface area (Å²) in [5.41, 5.74) is 0.122. The number of benzene rings is 1. The fourth-order valence-electron chi connectivity index (χ4n) is 1.54. The molecular formula is C13H10F2N2O2. The van der Waals surface area contributed by atoms with Gasteiger partial charge in [-0.15, -0.1) is 0 Å². The summed E-state index contributed by atoms with van der Waals surface area (Å²) in [5.74, 6) is -3.18. The molecule has 1 unspecified atom stereocenters. The van der Waals surface area contributed by atoms with Gasteiger partial charge in [0.1, 0.15) is 23.4 Å². The van der Waals surface area contributed by atoms with Crippen molar-refractivity contribution in [1.29, 1.82) is 0 Å². The van der Waals surface area contributed by atoms with Crippen LogP contribution in [-0.2, 0) is 4.79 Å². The van der Waals surface area contributed by atoms with Crippen LogP contribution in [0.1, 0.15) is 18.7 Å². The molecule has 0 saturated heterocycles. The van der Waals surface area contributed by atoms with Crippen molar-refractivity contribution in [2.75, 3.05) is 0 Å². The average molecular weight is 264 g/mol. The van der Waals surface area contributed by atoms with E-state index in [2.05, 4.69) is 9.97 Å². The minimum Gasteiger partial charge on any atom is -0.481 e. The summed E-state index contributed by atoms with van der Waals surface area (Å²) in [7, 11) is 0. The first-order valence-corrected chi connectivity index (χ1v) is 5.50. The van der Waals surface area contributed by atoms with Crippen molar-refractivity contribution in [1.82, 2.24) is 9.97 Å². The zero-order valence-corrected chi connectivity index (χ0v) is 9.97. The Labute approximate surface area is 107 Å². The predicted molar refractivity (Wildman–Crippen MR) is 63.4 cm³/mol. The van der Waals surface area contributed by atoms with Crippen LogP contribution < -0.4 is 0 Å². The summed E-state index contributed by atoms with van der Waals surface area (Å²) in [6, 6.07) is 4.40. The Hall–Kier alpha value is -2.37. The smallest absolute Gasteiger partial charge is 0.313 e. The van der Waals surface area contributed by atoms with E-state index in [9.17, 15) is 13.6 Å². The van der Waals surface area contributed by atoms with E-state index in [1.54, 1.807) is 0 Å². The molecule has 1 aromatic heterocycles. The maximum absolute atomic E-state index is 13.6. The second kappa shape index (κ2) is 5.09. The molecule has 0 aliphatic rings. The van der Waals surface area contributed by atoms with E-state index in [4.69, 9.17) is 5.11 Å². The van der Waals surface area contributed by atoms with Crippen molar-refractivity contribution in [3.8, 4) is 11.3 Å². The lowest BCUT2D eigenvalue weighted by Crippen LogP contribution is -2.11. The number of nitrogens with zero attached hydrogens (tertiary/aromatic N) is 2. The number of aliphatic carboxylic acids is 1. The topological polar surface area (TPSA) is 63.1 Å². The zero-order valence-electron chi connectivity index (χ0n) is 9.97. The third-order valence-corrected chi connectivity index (χ3v) is 2.64. The van der Waals surface area contributed by atoms with Crippen LogP contribution in [0.25, 0.3) is 11.3 Å². The number of hydrogen-bond donors (Lipinski definition) is 1. The van der Waals surface area contributed by atoms with Gasteiger partial charge in [0.25, 0.3) is 0 Å². The number of rotatable bonds is 3. The van der Waals surface area contributed by atoms with Crippen LogP contribution in [0.15, 0.2) is 30.5 Å². The van der Waals surface area contributed by atoms with Gasteiger partial charge in [-0.3, -0.25) is 4.79 Å². The molecule has 1 N–H and O–H groups in total. The number of carboxylic acids is 1. The Morgan fingerprint density at radius 3 is 2.74 bits per heavy atom. The van der Waals surface area contributed by atoms with E-state index in [-0.39, 0.29) is 17.1 Å². The third-order valence-electron chi connectivity index (χ3n) is 2.64. The minimum atomic E-state index is -1.09. The SMILES string of the molecule is CC(C(=O)O)c1nccc(-c2cc(F)ccc2F)n1. The molecule has 4 nitrogen and oxygen atoms in total. The van der Waals surface area contributed by atoms with Crippen LogP contribution in [-0.4, -0.2) is 21.0 Å². The van der Waals surface area contributed by atoms with Crippen LogP contribution in [0.2, 0.25) is 0 Å². The van der Waals surface area contributed by atoms with E-state index < -0.39 is 23.5 Å². The van der Waals surface area contributed by atoms with E-state index in [1.165, 1.54) is 19.2 Å². The molecule has 0 spiro atoms. The minimum absolute atomic E-state index is 0.0266. The molecule has 0 amide bonds. The third kappa shape index (κ3) is 2.73. The molecule has 0 radical (unpaired) electrons. The second-order valence-electron chi connectivity index (χ2n) is 3.98. The van der Waals surface area contributed by atoms with Crippen LogP contribution >= 0.6 is 0 Å². The Morgan fingerprint density at radius 2 is 2.05 bits per heavy atom. The van der Waals surface area contributed by atoms with Gasteiger partial charge >= 0.3 is 5.97 Å². The lowest BCUT2D eigenvalue weighted by atomic mass is 10.1. The summed E-state index contributed by atoms with van der Waals surface area (Å²) in [4.78, 5) is 18.7. The van der Waals surface area contributed by atoms with Crippen molar-refractivity contribution in [2.45, 2.75) is 12.8 Å². The van der Waals surface area contributed by atoms with E-state index in [1.807, 2.05) is 0 Å². The van der Waals surface area contributed by atoms with Gasteiger partial charge in [0.05, 0.1) is 5.69 Å². The molecule has 2 rings (SSSR count). The molecule has 2 aromatic rings. The van der Waals surface area contributed by atoms with Gasteiger partial charge in [0.2, 0.25) is 0 Å². The highest BCUT2D eigenvalue weighted by atomic mass is 19.1. The first-order chi connectivity index (χ1) is 8.99. The zero-order chi connectivity index (χ0) is 14.0. The van der Waals surface area contributed by atoms with E-state index >= 15 is 0 Å². The highest BCUT2D eigenvalue weighted by Crippen LogP contribution is 2.23. The molecule has 1 aromatic carbocycles. The quantitative estimate of drug-likeness (QED) is 0.925. The fraction of sp³-hybridized carbons (Fsp3) is 0.154. The predicted octanol–water partition coefficient (Wildman–Crippen LogP) is 2.61. The Balaban J connectivity index is 2.49. The van der Waals surface area contributed by atoms with Gasteiger partial charge < -0.3 is 5.11 Å². The molecule has 0 aliphatic carbocycles. The molecule has 98 valence electrons. The second-order valence-corrected chi connectivity index (χ2v) is 3.98. The van der Waals surface area contributed by atoms with E-state index in [0.717, 1.165) is 18.2 Å². The molecule has 1 heterocycles. The largest absolute Gasteiger partial charge is 0.481 e. The number of aromatic nitrogens is 2. The summed E-state index contributed by atoms with van der Waals surface area (Å²) in [6.45, 7) is 1.42. The van der Waals surface area contributed by atoms with Crippen LogP contribution in [0.4, 0.5) is 8.78 Å². The molecule has 0 bridgehead atoms. The van der Waals surface area contributed by atoms with Gasteiger partial charge in [0, 0.05) is 11.8 Å². The van der Waals surface area contributed by atoms with Crippen LogP contribution in [0, 0.1) is 11.6 Å². The molecule has 19 heavy (non-hydrogen) atoms. The standard InChI is InChI=1S/C13H10F2N2O2/c1-7(13(18)19)12-16-5-4-11(17-12)9-6-8(14)2-3-10(9)15/h2-7H,1H3,(H,18,19). The maximum Gasteiger partial charge on any atom is 0.313 e. The van der Waals surface area contributed by atoms with Gasteiger partial charge in [0.15, 0.2) is 0 Å². The van der Waals surface area contributed by atoms with Gasteiger partial charge in [-0.05, 0) is 31.2 Å². The number of hydrogen-bond acceptors (Lipinski definition) is 3. The van der Waals surface area contributed by atoms with Gasteiger partial charge in [-0.25, -0.2) is 18.7 Å². The first kappa shape index (κ1) is 13.1. The molecule has 1 atom stereocenters. The maximum atomic E-state index is 13.6. The number of carbonyl (C=O) groups is 1. The normalized spacial score (nSPS) is 12.2. The molecule has 0 aliphatic heterocycles. The van der Waals surface area contributed by atoms with Gasteiger partial charge in [-0.2, -0.15) is 0 Å². The Bertz CT molecular complexity index is 632. The summed E-state index contributed by atoms with van der Waals surface area (Å²) >= 11 is 0. The number of halogens is 2. The van der Waals surface area contributed by atoms with Crippen molar-refractivity contribution in [3.63, 3.8) is 0 Å². The average Bonchev–Trinajstić information content (AvgIpc) is 2.40. The molecule has 6 heteroatoms. The summed E-state index contributed by atoms with van der Waals surface area (Å²) in [6.07, 6.45) is 1.32. The van der Waals surface area contributed by atoms with Crippen molar-refractivity contribution >= 4 is 5.97 Å². The molecule has 0 saturated carbocycles. The van der Waals surface area contributed by atoms with Crippen molar-refractivity contribution in [3.05, 3.63) is 47.9 Å². The lowest BCUT2D eigenvalue weighted by molar-refractivity contribution is -0.138. The van der Waals surface area contributed by atoms with Crippen molar-refractivity contribution in [2.24, 2.45) is 0 Å². The van der Waals surface area contributed by atoms with E-state index in [0.29, 0.717) is 0 Å². The first-order valence-electron chi connectivity index (χ1n) is 5.50. The summed E-state index contributed by atoms with van der Waals surface area (Å²) in [5, 5.41) is 8.88. The highest BCUT2D eigenvalue weighted by Gasteiger charge is 2.18. The van der Waals surface area contributed by atoms with Crippen molar-refractivity contribution < 1.29 is 18.7 Å². The summed E-state index contributed by atoms with van der Waals surface area (Å²) < 4.78 is 26.7. The monoisotopic (exact) mass is 264 g/mol. The van der Waals surface area contributed by atoms with Gasteiger partial charge in [-0.1, -0.05) is 0 Å². The van der Waals surface area contributed by atoms with Crippen LogP contribution in [0.5, 0.6) is 0 Å². The Morgan fingerprint density at radius 1 is 1.32 bits per heavy atom. The molecular weight excluding hydrogens is 254 g/mol. The Kier molecular flexibility index (Phi) is 3.50. The number of carboxylic acid groups (broad SMARTS) is 1.